The summed E-state index contributed by atoms with van der Waals surface area (Å²) in [4.78, 5) is 35.0. The molecule has 1 unspecified atom stereocenters. The molecule has 1 atom stereocenters. The predicted molar refractivity (Wildman–Crippen MR) is 56.3 cm³/mol. The van der Waals surface area contributed by atoms with E-state index < -0.39 is 23.8 Å². The second-order valence-corrected chi connectivity index (χ2v) is 4.08. The van der Waals surface area contributed by atoms with Gasteiger partial charge in [-0.1, -0.05) is 13.8 Å². The Hall–Kier alpha value is -1.65. The molecule has 0 bridgehead atoms. The minimum atomic E-state index is -0.867. The molecule has 0 saturated carbocycles. The zero-order chi connectivity index (χ0) is 12.3. The first-order valence-electron chi connectivity index (χ1n) is 5.15. The number of esters is 1. The number of carbonyl (C=O) groups is 3. The highest BCUT2D eigenvalue weighted by molar-refractivity contribution is 6.14. The van der Waals surface area contributed by atoms with Crippen molar-refractivity contribution in [2.24, 2.45) is 5.92 Å². The lowest BCUT2D eigenvalue weighted by molar-refractivity contribution is -0.157. The lowest BCUT2D eigenvalue weighted by Crippen LogP contribution is -2.44. The third-order valence-electron chi connectivity index (χ3n) is 2.13. The maximum absolute atomic E-state index is 11.5. The quantitative estimate of drug-likeness (QED) is 0.516. The molecular formula is C11H15NO4. The lowest BCUT2D eigenvalue weighted by Gasteiger charge is -2.21. The zero-order valence-electron chi connectivity index (χ0n) is 9.60. The summed E-state index contributed by atoms with van der Waals surface area (Å²) in [5, 5.41) is 0. The van der Waals surface area contributed by atoms with Crippen LogP contribution in [0.2, 0.25) is 0 Å². The van der Waals surface area contributed by atoms with Gasteiger partial charge in [-0.05, 0) is 12.8 Å². The molecule has 0 saturated heterocycles. The van der Waals surface area contributed by atoms with Gasteiger partial charge < -0.3 is 4.74 Å². The van der Waals surface area contributed by atoms with E-state index in [0.29, 0.717) is 0 Å². The van der Waals surface area contributed by atoms with Crippen LogP contribution in [0, 0.1) is 5.92 Å². The van der Waals surface area contributed by atoms with Crippen LogP contribution in [0.1, 0.15) is 20.8 Å². The average Bonchev–Trinajstić information content (AvgIpc) is 2.54. The van der Waals surface area contributed by atoms with Crippen molar-refractivity contribution in [1.29, 1.82) is 0 Å². The second-order valence-electron chi connectivity index (χ2n) is 4.08. The third kappa shape index (κ3) is 2.68. The molecule has 0 fully saturated rings. The van der Waals surface area contributed by atoms with E-state index in [0.717, 1.165) is 17.1 Å². The van der Waals surface area contributed by atoms with Crippen molar-refractivity contribution in [3.05, 3.63) is 12.2 Å². The van der Waals surface area contributed by atoms with Gasteiger partial charge >= 0.3 is 5.97 Å². The molecular weight excluding hydrogens is 210 g/mol. The average molecular weight is 225 g/mol. The molecule has 2 amide bonds. The summed E-state index contributed by atoms with van der Waals surface area (Å²) >= 11 is 0. The Bertz CT molecular complexity index is 328. The summed E-state index contributed by atoms with van der Waals surface area (Å²) in [6, 6.07) is -0.867. The number of imide groups is 1. The van der Waals surface area contributed by atoms with Gasteiger partial charge in [-0.25, -0.2) is 4.79 Å². The number of amides is 2. The van der Waals surface area contributed by atoms with Crippen LogP contribution >= 0.6 is 0 Å². The Labute approximate surface area is 94.1 Å². The van der Waals surface area contributed by atoms with E-state index in [1.54, 1.807) is 0 Å². The van der Waals surface area contributed by atoms with Crippen molar-refractivity contribution in [2.75, 3.05) is 6.61 Å². The van der Waals surface area contributed by atoms with Crippen LogP contribution in [0.5, 0.6) is 0 Å². The summed E-state index contributed by atoms with van der Waals surface area (Å²) in [6.45, 7) is 5.58. The van der Waals surface area contributed by atoms with Gasteiger partial charge in [0.15, 0.2) is 0 Å². The molecule has 0 aromatic heterocycles. The molecule has 88 valence electrons. The van der Waals surface area contributed by atoms with E-state index in [4.69, 9.17) is 4.74 Å². The molecule has 0 aromatic rings. The van der Waals surface area contributed by atoms with Gasteiger partial charge in [0.05, 0.1) is 6.61 Å². The predicted octanol–water partition coefficient (Wildman–Crippen LogP) is 0.499. The Morgan fingerprint density at radius 1 is 1.25 bits per heavy atom. The number of hydrogen-bond donors (Lipinski definition) is 0. The molecule has 0 N–H and O–H groups in total. The van der Waals surface area contributed by atoms with Crippen LogP contribution in [0.25, 0.3) is 0 Å². The summed E-state index contributed by atoms with van der Waals surface area (Å²) in [5.41, 5.74) is 0. The van der Waals surface area contributed by atoms with Crippen molar-refractivity contribution in [3.63, 3.8) is 0 Å². The molecule has 1 rings (SSSR count). The van der Waals surface area contributed by atoms with E-state index in [1.165, 1.54) is 6.92 Å². The van der Waals surface area contributed by atoms with Crippen LogP contribution in [0.4, 0.5) is 0 Å². The molecule has 1 heterocycles. The van der Waals surface area contributed by atoms with Crippen molar-refractivity contribution >= 4 is 17.8 Å². The van der Waals surface area contributed by atoms with Gasteiger partial charge in [0.25, 0.3) is 11.8 Å². The fourth-order valence-corrected chi connectivity index (χ4v) is 1.27. The minimum absolute atomic E-state index is 0.222. The van der Waals surface area contributed by atoms with E-state index >= 15 is 0 Å². The second kappa shape index (κ2) is 4.92. The van der Waals surface area contributed by atoms with Gasteiger partial charge in [0.1, 0.15) is 6.04 Å². The van der Waals surface area contributed by atoms with Crippen LogP contribution in [0.15, 0.2) is 12.2 Å². The number of hydrogen-bond acceptors (Lipinski definition) is 4. The molecule has 0 aromatic carbocycles. The number of nitrogens with zero attached hydrogens (tertiary/aromatic N) is 1. The maximum atomic E-state index is 11.5. The number of carbonyl (C=O) groups excluding carboxylic acids is 3. The van der Waals surface area contributed by atoms with Crippen LogP contribution in [-0.4, -0.2) is 35.3 Å². The van der Waals surface area contributed by atoms with Gasteiger partial charge in [-0.15, -0.1) is 0 Å². The normalized spacial score (nSPS) is 17.1. The van der Waals surface area contributed by atoms with Gasteiger partial charge in [0, 0.05) is 12.2 Å². The van der Waals surface area contributed by atoms with Crippen LogP contribution in [0.3, 0.4) is 0 Å². The molecule has 5 nitrogen and oxygen atoms in total. The molecule has 0 spiro atoms. The van der Waals surface area contributed by atoms with Crippen molar-refractivity contribution in [1.82, 2.24) is 4.90 Å². The molecule has 5 heteroatoms. The first kappa shape index (κ1) is 12.4. The van der Waals surface area contributed by atoms with Crippen LogP contribution in [-0.2, 0) is 19.1 Å². The Morgan fingerprint density at radius 3 is 2.19 bits per heavy atom. The highest BCUT2D eigenvalue weighted by Gasteiger charge is 2.33. The highest BCUT2D eigenvalue weighted by Crippen LogP contribution is 2.10. The van der Waals surface area contributed by atoms with Crippen LogP contribution < -0.4 is 0 Å². The highest BCUT2D eigenvalue weighted by atomic mass is 16.5. The van der Waals surface area contributed by atoms with E-state index in [2.05, 4.69) is 0 Å². The van der Waals surface area contributed by atoms with Crippen molar-refractivity contribution in [3.8, 4) is 0 Å². The zero-order valence-corrected chi connectivity index (χ0v) is 9.60. The van der Waals surface area contributed by atoms with Crippen molar-refractivity contribution in [2.45, 2.75) is 26.8 Å². The van der Waals surface area contributed by atoms with E-state index in [9.17, 15) is 14.4 Å². The molecule has 0 aliphatic carbocycles. The largest absolute Gasteiger partial charge is 0.464 e. The first-order valence-corrected chi connectivity index (χ1v) is 5.15. The fraction of sp³-hybridized carbons (Fsp3) is 0.545. The summed E-state index contributed by atoms with van der Waals surface area (Å²) in [6.07, 6.45) is 2.29. The third-order valence-corrected chi connectivity index (χ3v) is 2.13. The molecule has 1 aliphatic rings. The SMILES string of the molecule is CC(C)COC(=O)C(C)N1C(=O)C=CC1=O. The summed E-state index contributed by atoms with van der Waals surface area (Å²) in [5.74, 6) is -1.28. The smallest absolute Gasteiger partial charge is 0.329 e. The molecule has 1 aliphatic heterocycles. The molecule has 16 heavy (non-hydrogen) atoms. The molecule has 0 radical (unpaired) electrons. The Balaban J connectivity index is 2.57. The summed E-state index contributed by atoms with van der Waals surface area (Å²) in [7, 11) is 0. The van der Waals surface area contributed by atoms with Gasteiger partial charge in [0.2, 0.25) is 0 Å². The summed E-state index contributed by atoms with van der Waals surface area (Å²) < 4.78 is 4.96. The van der Waals surface area contributed by atoms with Gasteiger partial charge in [-0.3, -0.25) is 14.5 Å². The lowest BCUT2D eigenvalue weighted by atomic mass is 10.2. The number of ether oxygens (including phenoxy) is 1. The topological polar surface area (TPSA) is 63.7 Å². The Morgan fingerprint density at radius 2 is 1.75 bits per heavy atom. The van der Waals surface area contributed by atoms with Crippen molar-refractivity contribution < 1.29 is 19.1 Å². The fourth-order valence-electron chi connectivity index (χ4n) is 1.27. The monoisotopic (exact) mass is 225 g/mol. The van der Waals surface area contributed by atoms with E-state index in [1.807, 2.05) is 13.8 Å². The number of rotatable bonds is 4. The standard InChI is InChI=1S/C11H15NO4/c1-7(2)6-16-11(15)8(3)12-9(13)4-5-10(12)14/h4-5,7-8H,6H2,1-3H3. The maximum Gasteiger partial charge on any atom is 0.329 e. The Kier molecular flexibility index (Phi) is 3.82. The van der Waals surface area contributed by atoms with Gasteiger partial charge in [-0.2, -0.15) is 0 Å². The van der Waals surface area contributed by atoms with E-state index in [-0.39, 0.29) is 12.5 Å². The first-order chi connectivity index (χ1) is 7.43. The minimum Gasteiger partial charge on any atom is -0.464 e.